The SMILES string of the molecule is Cc1occc1C(=O)Nc1nc(CC(=O)Nc2ccc3nc[nH]c(=O)c3c2)cs1. The lowest BCUT2D eigenvalue weighted by Crippen LogP contribution is -2.16. The molecule has 0 spiro atoms. The highest BCUT2D eigenvalue weighted by atomic mass is 32.1. The van der Waals surface area contributed by atoms with Crippen molar-refractivity contribution in [3.63, 3.8) is 0 Å². The topological polar surface area (TPSA) is 130 Å². The lowest BCUT2D eigenvalue weighted by atomic mass is 10.2. The molecule has 0 unspecified atom stereocenters. The Hall–Kier alpha value is -3.79. The molecule has 10 heteroatoms. The summed E-state index contributed by atoms with van der Waals surface area (Å²) in [4.78, 5) is 47.2. The van der Waals surface area contributed by atoms with Crippen molar-refractivity contribution in [3.8, 4) is 0 Å². The second kappa shape index (κ2) is 7.68. The van der Waals surface area contributed by atoms with Gasteiger partial charge in [-0.05, 0) is 31.2 Å². The molecule has 9 nitrogen and oxygen atoms in total. The molecule has 0 aliphatic carbocycles. The number of carbonyl (C=O) groups is 2. The quantitative estimate of drug-likeness (QED) is 0.465. The summed E-state index contributed by atoms with van der Waals surface area (Å²) in [7, 11) is 0. The Balaban J connectivity index is 1.40. The molecule has 0 saturated carbocycles. The molecule has 1 aromatic carbocycles. The molecule has 3 aromatic heterocycles. The van der Waals surface area contributed by atoms with Gasteiger partial charge < -0.3 is 14.7 Å². The number of carbonyl (C=O) groups excluding carboxylic acids is 2. The van der Waals surface area contributed by atoms with Crippen LogP contribution in [0.1, 0.15) is 21.8 Å². The maximum Gasteiger partial charge on any atom is 0.260 e. The molecule has 0 radical (unpaired) electrons. The first-order chi connectivity index (χ1) is 14.0. The van der Waals surface area contributed by atoms with Crippen molar-refractivity contribution in [1.29, 1.82) is 0 Å². The molecule has 0 bridgehead atoms. The van der Waals surface area contributed by atoms with Crippen molar-refractivity contribution in [1.82, 2.24) is 15.0 Å². The van der Waals surface area contributed by atoms with Gasteiger partial charge in [-0.3, -0.25) is 19.7 Å². The van der Waals surface area contributed by atoms with Gasteiger partial charge in [-0.1, -0.05) is 0 Å². The van der Waals surface area contributed by atoms with Crippen LogP contribution in [0.3, 0.4) is 0 Å². The van der Waals surface area contributed by atoms with Crippen molar-refractivity contribution in [2.75, 3.05) is 10.6 Å². The van der Waals surface area contributed by atoms with Crippen LogP contribution in [0, 0.1) is 6.92 Å². The molecular weight excluding hydrogens is 394 g/mol. The Morgan fingerprint density at radius 3 is 2.90 bits per heavy atom. The van der Waals surface area contributed by atoms with Crippen LogP contribution in [0.25, 0.3) is 10.9 Å². The highest BCUT2D eigenvalue weighted by Crippen LogP contribution is 2.19. The van der Waals surface area contributed by atoms with Gasteiger partial charge >= 0.3 is 0 Å². The van der Waals surface area contributed by atoms with Gasteiger partial charge in [0.25, 0.3) is 11.5 Å². The van der Waals surface area contributed by atoms with Gasteiger partial charge in [0.05, 0.1) is 41.2 Å². The number of fused-ring (bicyclic) bond motifs is 1. The Morgan fingerprint density at radius 1 is 1.24 bits per heavy atom. The van der Waals surface area contributed by atoms with Crippen LogP contribution in [-0.2, 0) is 11.2 Å². The van der Waals surface area contributed by atoms with E-state index in [0.29, 0.717) is 38.7 Å². The molecule has 3 heterocycles. The van der Waals surface area contributed by atoms with Gasteiger partial charge in [-0.15, -0.1) is 11.3 Å². The number of hydrogen-bond donors (Lipinski definition) is 3. The Kier molecular flexibility index (Phi) is 4.92. The van der Waals surface area contributed by atoms with Crippen LogP contribution < -0.4 is 16.2 Å². The van der Waals surface area contributed by atoms with Crippen LogP contribution in [0.2, 0.25) is 0 Å². The summed E-state index contributed by atoms with van der Waals surface area (Å²) in [5.41, 5.74) is 1.70. The number of thiazole rings is 1. The maximum absolute atomic E-state index is 12.3. The molecule has 0 aliphatic rings. The molecule has 0 fully saturated rings. The molecule has 146 valence electrons. The van der Waals surface area contributed by atoms with Crippen LogP contribution in [0.15, 0.2) is 51.4 Å². The lowest BCUT2D eigenvalue weighted by Gasteiger charge is -2.05. The van der Waals surface area contributed by atoms with Crippen molar-refractivity contribution in [2.24, 2.45) is 0 Å². The summed E-state index contributed by atoms with van der Waals surface area (Å²) in [5.74, 6) is -0.0989. The van der Waals surface area contributed by atoms with E-state index in [-0.39, 0.29) is 23.8 Å². The lowest BCUT2D eigenvalue weighted by molar-refractivity contribution is -0.115. The van der Waals surface area contributed by atoms with E-state index in [2.05, 4.69) is 25.6 Å². The molecular formula is C19H15N5O4S. The second-order valence-corrected chi connectivity index (χ2v) is 7.04. The summed E-state index contributed by atoms with van der Waals surface area (Å²) >= 11 is 1.23. The number of benzene rings is 1. The van der Waals surface area contributed by atoms with E-state index in [4.69, 9.17) is 4.42 Å². The van der Waals surface area contributed by atoms with Crippen LogP contribution in [0.4, 0.5) is 10.8 Å². The molecule has 4 aromatic rings. The van der Waals surface area contributed by atoms with Crippen LogP contribution >= 0.6 is 11.3 Å². The second-order valence-electron chi connectivity index (χ2n) is 6.18. The van der Waals surface area contributed by atoms with Gasteiger partial charge in [0.2, 0.25) is 5.91 Å². The van der Waals surface area contributed by atoms with Crippen molar-refractivity contribution < 1.29 is 14.0 Å². The number of nitrogens with zero attached hydrogens (tertiary/aromatic N) is 2. The van der Waals surface area contributed by atoms with Gasteiger partial charge in [0.15, 0.2) is 5.13 Å². The summed E-state index contributed by atoms with van der Waals surface area (Å²) in [6.45, 7) is 1.70. The molecule has 0 aliphatic heterocycles. The zero-order valence-corrected chi connectivity index (χ0v) is 16.0. The molecule has 0 saturated heterocycles. The zero-order valence-electron chi connectivity index (χ0n) is 15.2. The van der Waals surface area contributed by atoms with Crippen LogP contribution in [0.5, 0.6) is 0 Å². The third-order valence-electron chi connectivity index (χ3n) is 4.14. The number of anilines is 2. The van der Waals surface area contributed by atoms with Crippen LogP contribution in [-0.4, -0.2) is 26.8 Å². The molecule has 0 atom stereocenters. The maximum atomic E-state index is 12.3. The summed E-state index contributed by atoms with van der Waals surface area (Å²) < 4.78 is 5.12. The predicted molar refractivity (Wildman–Crippen MR) is 108 cm³/mol. The minimum atomic E-state index is -0.323. The molecule has 2 amide bonds. The molecule has 4 rings (SSSR count). The third-order valence-corrected chi connectivity index (χ3v) is 4.95. The van der Waals surface area contributed by atoms with Crippen molar-refractivity contribution >= 4 is 44.9 Å². The third kappa shape index (κ3) is 4.06. The zero-order chi connectivity index (χ0) is 20.4. The first-order valence-electron chi connectivity index (χ1n) is 8.57. The van der Waals surface area contributed by atoms with E-state index in [1.807, 2.05) is 0 Å². The molecule has 3 N–H and O–H groups in total. The number of aromatic amines is 1. The van der Waals surface area contributed by atoms with E-state index in [0.717, 1.165) is 0 Å². The van der Waals surface area contributed by atoms with E-state index in [9.17, 15) is 14.4 Å². The first-order valence-corrected chi connectivity index (χ1v) is 9.45. The van der Waals surface area contributed by atoms with E-state index in [1.54, 1.807) is 36.6 Å². The first kappa shape index (κ1) is 18.6. The van der Waals surface area contributed by atoms with Gasteiger partial charge in [0.1, 0.15) is 5.76 Å². The number of aromatic nitrogens is 3. The summed E-state index contributed by atoms with van der Waals surface area (Å²) in [6, 6.07) is 6.48. The standard InChI is InChI=1S/C19H15N5O4S/c1-10-13(4-5-28-10)18(27)24-19-23-12(8-29-19)7-16(25)22-11-2-3-15-14(6-11)17(26)21-9-20-15/h2-6,8-9H,7H2,1H3,(H,22,25)(H,20,21,26)(H,23,24,27). The average Bonchev–Trinajstić information content (AvgIpc) is 3.31. The average molecular weight is 409 g/mol. The number of hydrogen-bond acceptors (Lipinski definition) is 7. The minimum Gasteiger partial charge on any atom is -0.469 e. The smallest absolute Gasteiger partial charge is 0.260 e. The van der Waals surface area contributed by atoms with Crippen molar-refractivity contribution in [2.45, 2.75) is 13.3 Å². The monoisotopic (exact) mass is 409 g/mol. The Morgan fingerprint density at radius 2 is 2.10 bits per heavy atom. The van der Waals surface area contributed by atoms with Gasteiger partial charge in [-0.25, -0.2) is 9.97 Å². The summed E-state index contributed by atoms with van der Waals surface area (Å²) in [6.07, 6.45) is 2.80. The highest BCUT2D eigenvalue weighted by molar-refractivity contribution is 7.14. The molecule has 29 heavy (non-hydrogen) atoms. The summed E-state index contributed by atoms with van der Waals surface area (Å²) in [5, 5.41) is 7.90. The number of amides is 2. The van der Waals surface area contributed by atoms with E-state index >= 15 is 0 Å². The van der Waals surface area contributed by atoms with E-state index < -0.39 is 0 Å². The largest absolute Gasteiger partial charge is 0.469 e. The number of rotatable bonds is 5. The Bertz CT molecular complexity index is 1270. The Labute approximate surface area is 167 Å². The number of aryl methyl sites for hydroxylation is 1. The highest BCUT2D eigenvalue weighted by Gasteiger charge is 2.14. The van der Waals surface area contributed by atoms with E-state index in [1.165, 1.54) is 23.9 Å². The van der Waals surface area contributed by atoms with Gasteiger partial charge in [0, 0.05) is 11.1 Å². The van der Waals surface area contributed by atoms with Crippen molar-refractivity contribution in [3.05, 3.63) is 69.6 Å². The number of H-pyrrole nitrogens is 1. The number of furan rings is 1. The fourth-order valence-electron chi connectivity index (χ4n) is 2.75. The fraction of sp³-hybridized carbons (Fsp3) is 0.105. The number of nitrogens with one attached hydrogen (secondary N) is 3. The minimum absolute atomic E-state index is 0.0263. The normalized spacial score (nSPS) is 10.8. The van der Waals surface area contributed by atoms with Gasteiger partial charge in [-0.2, -0.15) is 0 Å². The fourth-order valence-corrected chi connectivity index (χ4v) is 3.45. The predicted octanol–water partition coefficient (Wildman–Crippen LogP) is 2.71.